The SMILES string of the molecule is CCCCC[N+]12CCC(CC1)C(OCCOC)C2.[Br-]. The van der Waals surface area contributed by atoms with Crippen molar-refractivity contribution in [2.45, 2.75) is 45.1 Å². The molecule has 0 spiro atoms. The van der Waals surface area contributed by atoms with Gasteiger partial charge in [-0.2, -0.15) is 0 Å². The molecule has 1 atom stereocenters. The first-order chi connectivity index (χ1) is 8.79. The Morgan fingerprint density at radius 2 is 1.84 bits per heavy atom. The summed E-state index contributed by atoms with van der Waals surface area (Å²) in [5, 5.41) is 0. The fourth-order valence-corrected chi connectivity index (χ4v) is 3.70. The van der Waals surface area contributed by atoms with Gasteiger partial charge < -0.3 is 30.9 Å². The van der Waals surface area contributed by atoms with Crippen LogP contribution in [0.2, 0.25) is 0 Å². The second kappa shape index (κ2) is 8.60. The standard InChI is InChI=1S/C15H30NO2.BrH/c1-3-4-5-8-16-9-6-14(7-10-16)15(13-16)18-12-11-17-2;/h14-15H,3-13H2,1-2H3;1H/q+1;/p-1. The topological polar surface area (TPSA) is 18.5 Å². The van der Waals surface area contributed by atoms with E-state index in [0.29, 0.717) is 6.10 Å². The van der Waals surface area contributed by atoms with Crippen LogP contribution in [-0.4, -0.2) is 57.1 Å². The quantitative estimate of drug-likeness (QED) is 0.438. The minimum Gasteiger partial charge on any atom is -1.00 e. The number of unbranched alkanes of at least 4 members (excludes halogenated alkanes) is 2. The number of methoxy groups -OCH3 is 1. The molecule has 2 bridgehead atoms. The van der Waals surface area contributed by atoms with Crippen molar-refractivity contribution in [3.05, 3.63) is 0 Å². The van der Waals surface area contributed by atoms with Crippen LogP contribution in [0.25, 0.3) is 0 Å². The normalized spacial score (nSPS) is 33.2. The number of piperidine rings is 3. The highest BCUT2D eigenvalue weighted by Crippen LogP contribution is 2.35. The average molecular weight is 336 g/mol. The summed E-state index contributed by atoms with van der Waals surface area (Å²) in [4.78, 5) is 0. The molecule has 0 N–H and O–H groups in total. The second-order valence-electron chi connectivity index (χ2n) is 6.14. The molecule has 114 valence electrons. The van der Waals surface area contributed by atoms with E-state index in [9.17, 15) is 0 Å². The lowest BCUT2D eigenvalue weighted by molar-refractivity contribution is -0.946. The number of halogens is 1. The average Bonchev–Trinajstić information content (AvgIpc) is 2.41. The molecule has 3 aliphatic heterocycles. The molecule has 0 amide bonds. The third-order valence-electron chi connectivity index (χ3n) is 4.90. The number of rotatable bonds is 8. The zero-order valence-corrected chi connectivity index (χ0v) is 14.2. The highest BCUT2D eigenvalue weighted by molar-refractivity contribution is 4.80. The van der Waals surface area contributed by atoms with Crippen LogP contribution in [-0.2, 0) is 9.47 Å². The Bertz CT molecular complexity index is 242. The molecule has 3 saturated heterocycles. The van der Waals surface area contributed by atoms with Crippen molar-refractivity contribution in [1.82, 2.24) is 0 Å². The summed E-state index contributed by atoms with van der Waals surface area (Å²) in [6.45, 7) is 9.24. The number of nitrogens with zero attached hydrogens (tertiary/aromatic N) is 1. The summed E-state index contributed by atoms with van der Waals surface area (Å²) in [5.74, 6) is 0.827. The molecule has 0 aliphatic carbocycles. The molecule has 3 heterocycles. The van der Waals surface area contributed by atoms with Gasteiger partial charge in [-0.25, -0.2) is 0 Å². The van der Waals surface area contributed by atoms with Crippen LogP contribution in [0.1, 0.15) is 39.0 Å². The van der Waals surface area contributed by atoms with E-state index in [1.165, 1.54) is 62.8 Å². The van der Waals surface area contributed by atoms with Gasteiger partial charge in [0.05, 0.1) is 32.8 Å². The Balaban J connectivity index is 0.00000180. The fraction of sp³-hybridized carbons (Fsp3) is 1.00. The monoisotopic (exact) mass is 335 g/mol. The van der Waals surface area contributed by atoms with E-state index in [0.717, 1.165) is 19.1 Å². The fourth-order valence-electron chi connectivity index (χ4n) is 3.70. The first-order valence-corrected chi connectivity index (χ1v) is 7.75. The molecule has 0 radical (unpaired) electrons. The Hall–Kier alpha value is 0.360. The highest BCUT2D eigenvalue weighted by Gasteiger charge is 2.45. The highest BCUT2D eigenvalue weighted by atomic mass is 79.9. The van der Waals surface area contributed by atoms with E-state index >= 15 is 0 Å². The molecule has 4 heteroatoms. The Morgan fingerprint density at radius 1 is 1.11 bits per heavy atom. The molecule has 0 aromatic rings. The van der Waals surface area contributed by atoms with E-state index in [-0.39, 0.29) is 17.0 Å². The zero-order valence-electron chi connectivity index (χ0n) is 12.6. The van der Waals surface area contributed by atoms with E-state index in [2.05, 4.69) is 6.92 Å². The van der Waals surface area contributed by atoms with Crippen molar-refractivity contribution in [1.29, 1.82) is 0 Å². The summed E-state index contributed by atoms with van der Waals surface area (Å²) < 4.78 is 12.5. The van der Waals surface area contributed by atoms with Crippen LogP contribution in [0.3, 0.4) is 0 Å². The lowest BCUT2D eigenvalue weighted by Gasteiger charge is -2.52. The molecular formula is C15H30BrNO2. The van der Waals surface area contributed by atoms with Gasteiger partial charge in [0.25, 0.3) is 0 Å². The summed E-state index contributed by atoms with van der Waals surface area (Å²) >= 11 is 0. The molecular weight excluding hydrogens is 306 g/mol. The van der Waals surface area contributed by atoms with Gasteiger partial charge in [-0.15, -0.1) is 0 Å². The maximum atomic E-state index is 6.05. The largest absolute Gasteiger partial charge is 1.00 e. The summed E-state index contributed by atoms with van der Waals surface area (Å²) in [7, 11) is 1.75. The summed E-state index contributed by atoms with van der Waals surface area (Å²) in [6.07, 6.45) is 7.37. The molecule has 3 rings (SSSR count). The third kappa shape index (κ3) is 4.69. The predicted molar refractivity (Wildman–Crippen MR) is 73.6 cm³/mol. The number of hydrogen-bond donors (Lipinski definition) is 0. The number of fused-ring (bicyclic) bond motifs is 3. The molecule has 3 aliphatic rings. The van der Waals surface area contributed by atoms with Gasteiger partial charge in [0.2, 0.25) is 0 Å². The van der Waals surface area contributed by atoms with Crippen molar-refractivity contribution in [3.63, 3.8) is 0 Å². The molecule has 19 heavy (non-hydrogen) atoms. The lowest BCUT2D eigenvalue weighted by atomic mass is 9.83. The van der Waals surface area contributed by atoms with Crippen molar-refractivity contribution in [2.24, 2.45) is 5.92 Å². The van der Waals surface area contributed by atoms with Crippen LogP contribution >= 0.6 is 0 Å². The maximum absolute atomic E-state index is 6.05. The van der Waals surface area contributed by atoms with Crippen molar-refractivity contribution in [2.75, 3.05) is 46.5 Å². The van der Waals surface area contributed by atoms with Crippen molar-refractivity contribution in [3.8, 4) is 0 Å². The van der Waals surface area contributed by atoms with Crippen molar-refractivity contribution < 1.29 is 30.9 Å². The Labute approximate surface area is 129 Å². The summed E-state index contributed by atoms with van der Waals surface area (Å²) in [5.41, 5.74) is 0. The molecule has 3 fully saturated rings. The first kappa shape index (κ1) is 17.4. The summed E-state index contributed by atoms with van der Waals surface area (Å²) in [6, 6.07) is 0. The minimum atomic E-state index is 0. The van der Waals surface area contributed by atoms with E-state index in [4.69, 9.17) is 9.47 Å². The Kier molecular flexibility index (Phi) is 7.88. The molecule has 0 aromatic carbocycles. The van der Waals surface area contributed by atoms with Gasteiger partial charge in [-0.3, -0.25) is 0 Å². The van der Waals surface area contributed by atoms with Gasteiger partial charge in [-0.1, -0.05) is 13.3 Å². The first-order valence-electron chi connectivity index (χ1n) is 7.75. The van der Waals surface area contributed by atoms with E-state index < -0.39 is 0 Å². The molecule has 0 saturated carbocycles. The molecule has 3 nitrogen and oxygen atoms in total. The van der Waals surface area contributed by atoms with Gasteiger partial charge in [-0.05, 0) is 12.8 Å². The molecule has 0 aromatic heterocycles. The van der Waals surface area contributed by atoms with E-state index in [1.807, 2.05) is 0 Å². The van der Waals surface area contributed by atoms with Crippen LogP contribution in [0.15, 0.2) is 0 Å². The predicted octanol–water partition coefficient (Wildman–Crippen LogP) is -0.547. The number of quaternary nitrogens is 1. The zero-order chi connectivity index (χ0) is 12.8. The minimum absolute atomic E-state index is 0. The third-order valence-corrected chi connectivity index (χ3v) is 4.90. The number of hydrogen-bond acceptors (Lipinski definition) is 2. The van der Waals surface area contributed by atoms with Crippen LogP contribution in [0.5, 0.6) is 0 Å². The smallest absolute Gasteiger partial charge is 0.110 e. The van der Waals surface area contributed by atoms with Gasteiger partial charge in [0.1, 0.15) is 12.6 Å². The van der Waals surface area contributed by atoms with Crippen LogP contribution in [0.4, 0.5) is 0 Å². The van der Waals surface area contributed by atoms with Gasteiger partial charge >= 0.3 is 0 Å². The van der Waals surface area contributed by atoms with E-state index in [1.54, 1.807) is 7.11 Å². The Morgan fingerprint density at radius 3 is 2.47 bits per heavy atom. The van der Waals surface area contributed by atoms with Crippen LogP contribution in [0, 0.1) is 5.92 Å². The second-order valence-corrected chi connectivity index (χ2v) is 6.14. The lowest BCUT2D eigenvalue weighted by Crippen LogP contribution is -3.00. The molecule has 1 unspecified atom stereocenters. The van der Waals surface area contributed by atoms with Gasteiger partial charge in [0.15, 0.2) is 0 Å². The van der Waals surface area contributed by atoms with Gasteiger partial charge in [0, 0.05) is 25.9 Å². The number of ether oxygens (including phenoxy) is 2. The van der Waals surface area contributed by atoms with Crippen LogP contribution < -0.4 is 17.0 Å². The maximum Gasteiger partial charge on any atom is 0.110 e. The van der Waals surface area contributed by atoms with Crippen molar-refractivity contribution >= 4 is 0 Å².